The second kappa shape index (κ2) is 4.16. The van der Waals surface area contributed by atoms with E-state index in [1.807, 2.05) is 12.1 Å². The maximum Gasteiger partial charge on any atom is 0.113 e. The number of pyridine rings is 1. The minimum absolute atomic E-state index is 0.410. The Bertz CT molecular complexity index is 346. The summed E-state index contributed by atoms with van der Waals surface area (Å²) in [6, 6.07) is 5.75. The van der Waals surface area contributed by atoms with Crippen LogP contribution in [0.15, 0.2) is 18.3 Å². The highest BCUT2D eigenvalue weighted by Gasteiger charge is 1.91. The molecule has 0 saturated heterocycles. The van der Waals surface area contributed by atoms with Crippen LogP contribution in [0.5, 0.6) is 0 Å². The van der Waals surface area contributed by atoms with Crippen LogP contribution in [0.25, 0.3) is 0 Å². The summed E-state index contributed by atoms with van der Waals surface area (Å²) in [5.74, 6) is 5.59. The van der Waals surface area contributed by atoms with E-state index in [0.717, 1.165) is 11.3 Å². The Kier molecular flexibility index (Phi) is 2.87. The first kappa shape index (κ1) is 8.30. The van der Waals surface area contributed by atoms with Gasteiger partial charge in [0.25, 0.3) is 0 Å². The Morgan fingerprint density at radius 3 is 2.83 bits per heavy atom. The maximum absolute atomic E-state index is 8.39. The van der Waals surface area contributed by atoms with Crippen LogP contribution < -0.4 is 0 Å². The Labute approximate surface area is 71.9 Å². The molecule has 0 aliphatic rings. The summed E-state index contributed by atoms with van der Waals surface area (Å²) < 4.78 is 0. The van der Waals surface area contributed by atoms with Gasteiger partial charge >= 0.3 is 0 Å². The first-order valence-electron chi connectivity index (χ1n) is 3.61. The van der Waals surface area contributed by atoms with Gasteiger partial charge in [-0.3, -0.25) is 0 Å². The number of hydrogen-bond acceptors (Lipinski definition) is 2. The zero-order valence-corrected chi connectivity index (χ0v) is 6.83. The van der Waals surface area contributed by atoms with E-state index in [4.69, 9.17) is 5.26 Å². The summed E-state index contributed by atoms with van der Waals surface area (Å²) in [6.45, 7) is 1.77. The van der Waals surface area contributed by atoms with Crippen molar-refractivity contribution in [1.82, 2.24) is 4.98 Å². The minimum Gasteiger partial charge on any atom is -0.247 e. The second-order valence-corrected chi connectivity index (χ2v) is 2.26. The number of rotatable bonds is 1. The summed E-state index contributed by atoms with van der Waals surface area (Å²) in [5, 5.41) is 8.39. The lowest BCUT2D eigenvalue weighted by Gasteiger charge is -1.92. The summed E-state index contributed by atoms with van der Waals surface area (Å²) in [6.07, 6.45) is 2.09. The molecule has 0 radical (unpaired) electrons. The molecule has 0 N–H and O–H groups in total. The van der Waals surface area contributed by atoms with Crippen molar-refractivity contribution in [3.05, 3.63) is 29.6 Å². The lowest BCUT2D eigenvalue weighted by molar-refractivity contribution is 1.18. The molecule has 0 atom stereocenters. The molecule has 0 amide bonds. The van der Waals surface area contributed by atoms with Gasteiger partial charge in [0, 0.05) is 6.20 Å². The van der Waals surface area contributed by atoms with E-state index in [1.165, 1.54) is 0 Å². The number of nitriles is 1. The van der Waals surface area contributed by atoms with Crippen molar-refractivity contribution in [2.45, 2.75) is 13.3 Å². The predicted molar refractivity (Wildman–Crippen MR) is 46.1 cm³/mol. The number of hydrogen-bond donors (Lipinski definition) is 0. The standard InChI is InChI=1S/C10H8N2/c1-2-3-10-5-4-9(6-7-11)8-12-10/h4-5,8H,6H2,1H3. The summed E-state index contributed by atoms with van der Waals surface area (Å²) in [7, 11) is 0. The fourth-order valence-corrected chi connectivity index (χ4v) is 0.822. The topological polar surface area (TPSA) is 36.7 Å². The van der Waals surface area contributed by atoms with Gasteiger partial charge in [-0.1, -0.05) is 12.0 Å². The van der Waals surface area contributed by atoms with Crippen molar-refractivity contribution in [2.24, 2.45) is 0 Å². The Morgan fingerprint density at radius 1 is 1.50 bits per heavy atom. The first-order chi connectivity index (χ1) is 5.86. The molecule has 0 bridgehead atoms. The van der Waals surface area contributed by atoms with Crippen molar-refractivity contribution >= 4 is 0 Å². The first-order valence-corrected chi connectivity index (χ1v) is 3.61. The average molecular weight is 156 g/mol. The molecule has 1 heterocycles. The number of aromatic nitrogens is 1. The van der Waals surface area contributed by atoms with Crippen molar-refractivity contribution in [3.63, 3.8) is 0 Å². The van der Waals surface area contributed by atoms with Crippen LogP contribution in [0.4, 0.5) is 0 Å². The highest BCUT2D eigenvalue weighted by atomic mass is 14.7. The number of nitrogens with zero attached hydrogens (tertiary/aromatic N) is 2. The predicted octanol–water partition coefficient (Wildman–Crippen LogP) is 1.52. The monoisotopic (exact) mass is 156 g/mol. The molecule has 58 valence electrons. The highest BCUT2D eigenvalue weighted by Crippen LogP contribution is 1.99. The van der Waals surface area contributed by atoms with E-state index in [2.05, 4.69) is 22.9 Å². The van der Waals surface area contributed by atoms with E-state index < -0.39 is 0 Å². The van der Waals surface area contributed by atoms with Crippen LogP contribution in [0.2, 0.25) is 0 Å². The third-order valence-corrected chi connectivity index (χ3v) is 1.36. The van der Waals surface area contributed by atoms with E-state index in [0.29, 0.717) is 6.42 Å². The molecule has 0 saturated carbocycles. The van der Waals surface area contributed by atoms with Gasteiger partial charge in [0.2, 0.25) is 0 Å². The van der Waals surface area contributed by atoms with Gasteiger partial charge in [-0.25, -0.2) is 4.98 Å². The molecule has 1 aromatic rings. The summed E-state index contributed by atoms with van der Waals surface area (Å²) in [4.78, 5) is 4.06. The quantitative estimate of drug-likeness (QED) is 0.578. The zero-order chi connectivity index (χ0) is 8.81. The third-order valence-electron chi connectivity index (χ3n) is 1.36. The van der Waals surface area contributed by atoms with Crippen molar-refractivity contribution in [1.29, 1.82) is 5.26 Å². The van der Waals surface area contributed by atoms with Crippen LogP contribution in [-0.2, 0) is 6.42 Å². The Hall–Kier alpha value is -1.80. The van der Waals surface area contributed by atoms with Gasteiger partial charge in [0.05, 0.1) is 12.5 Å². The molecule has 1 rings (SSSR count). The van der Waals surface area contributed by atoms with Gasteiger partial charge in [0.1, 0.15) is 5.69 Å². The average Bonchev–Trinajstić information content (AvgIpc) is 2.09. The zero-order valence-electron chi connectivity index (χ0n) is 6.83. The maximum atomic E-state index is 8.39. The van der Waals surface area contributed by atoms with E-state index in [-0.39, 0.29) is 0 Å². The van der Waals surface area contributed by atoms with Gasteiger partial charge in [0.15, 0.2) is 0 Å². The van der Waals surface area contributed by atoms with Crippen LogP contribution in [0.1, 0.15) is 18.2 Å². The lowest BCUT2D eigenvalue weighted by Crippen LogP contribution is -1.86. The molecular weight excluding hydrogens is 148 g/mol. The van der Waals surface area contributed by atoms with Crippen LogP contribution >= 0.6 is 0 Å². The van der Waals surface area contributed by atoms with Crippen molar-refractivity contribution in [3.8, 4) is 17.9 Å². The van der Waals surface area contributed by atoms with E-state index in [9.17, 15) is 0 Å². The molecule has 0 spiro atoms. The second-order valence-electron chi connectivity index (χ2n) is 2.26. The van der Waals surface area contributed by atoms with E-state index in [1.54, 1.807) is 13.1 Å². The Balaban J connectivity index is 2.84. The summed E-state index contributed by atoms with van der Waals surface area (Å²) in [5.41, 5.74) is 1.68. The van der Waals surface area contributed by atoms with Crippen LogP contribution in [0, 0.1) is 23.2 Å². The van der Waals surface area contributed by atoms with Gasteiger partial charge < -0.3 is 0 Å². The van der Waals surface area contributed by atoms with Gasteiger partial charge in [-0.15, -0.1) is 0 Å². The molecule has 0 aromatic carbocycles. The minimum atomic E-state index is 0.410. The van der Waals surface area contributed by atoms with Crippen LogP contribution in [0.3, 0.4) is 0 Å². The molecule has 12 heavy (non-hydrogen) atoms. The molecular formula is C10H8N2. The van der Waals surface area contributed by atoms with E-state index >= 15 is 0 Å². The lowest BCUT2D eigenvalue weighted by atomic mass is 10.2. The fourth-order valence-electron chi connectivity index (χ4n) is 0.822. The van der Waals surface area contributed by atoms with Gasteiger partial charge in [-0.05, 0) is 24.5 Å². The third kappa shape index (κ3) is 2.11. The molecule has 2 heteroatoms. The SMILES string of the molecule is CC#Cc1ccc(CC#N)cn1. The van der Waals surface area contributed by atoms with Crippen LogP contribution in [-0.4, -0.2) is 4.98 Å². The normalized spacial score (nSPS) is 8.00. The molecule has 0 fully saturated rings. The molecule has 2 nitrogen and oxygen atoms in total. The summed E-state index contributed by atoms with van der Waals surface area (Å²) >= 11 is 0. The molecule has 0 aliphatic carbocycles. The Morgan fingerprint density at radius 2 is 2.33 bits per heavy atom. The molecule has 1 aromatic heterocycles. The smallest absolute Gasteiger partial charge is 0.113 e. The fraction of sp³-hybridized carbons (Fsp3) is 0.200. The van der Waals surface area contributed by atoms with Crippen molar-refractivity contribution in [2.75, 3.05) is 0 Å². The molecule has 0 unspecified atom stereocenters. The highest BCUT2D eigenvalue weighted by molar-refractivity contribution is 5.29. The largest absolute Gasteiger partial charge is 0.247 e. The molecule has 0 aliphatic heterocycles. The van der Waals surface area contributed by atoms with Crippen molar-refractivity contribution < 1.29 is 0 Å². The van der Waals surface area contributed by atoms with Gasteiger partial charge in [-0.2, -0.15) is 5.26 Å².